The largest absolute Gasteiger partial charge is 0.481 e. The van der Waals surface area contributed by atoms with Crippen molar-refractivity contribution in [3.8, 4) is 0 Å². The van der Waals surface area contributed by atoms with Crippen LogP contribution in [0.3, 0.4) is 0 Å². The summed E-state index contributed by atoms with van der Waals surface area (Å²) in [5, 5.41) is 11.9. The summed E-state index contributed by atoms with van der Waals surface area (Å²) in [6.07, 6.45) is 1.75. The van der Waals surface area contributed by atoms with Gasteiger partial charge in [0.25, 0.3) is 0 Å². The van der Waals surface area contributed by atoms with Crippen molar-refractivity contribution in [2.24, 2.45) is 11.8 Å². The molecule has 2 aliphatic rings. The molecule has 1 saturated heterocycles. The molecule has 0 spiro atoms. The molecular weight excluding hydrogens is 327 g/mol. The molecular formula is C18H21FN2O4. The Labute approximate surface area is 145 Å². The van der Waals surface area contributed by atoms with Gasteiger partial charge in [-0.3, -0.25) is 14.4 Å². The lowest BCUT2D eigenvalue weighted by molar-refractivity contribution is -0.141. The average Bonchev–Trinajstić information content (AvgIpc) is 3.17. The summed E-state index contributed by atoms with van der Waals surface area (Å²) in [7, 11) is 0. The van der Waals surface area contributed by atoms with Crippen LogP contribution >= 0.6 is 0 Å². The fraction of sp³-hybridized carbons (Fsp3) is 0.500. The predicted molar refractivity (Wildman–Crippen MR) is 88.5 cm³/mol. The summed E-state index contributed by atoms with van der Waals surface area (Å²) in [6.45, 7) is 1.88. The van der Waals surface area contributed by atoms with Gasteiger partial charge in [-0.2, -0.15) is 0 Å². The minimum atomic E-state index is -0.828. The van der Waals surface area contributed by atoms with E-state index in [9.17, 15) is 18.8 Å². The van der Waals surface area contributed by atoms with Crippen molar-refractivity contribution in [1.82, 2.24) is 5.32 Å². The van der Waals surface area contributed by atoms with Crippen LogP contribution in [-0.2, 0) is 14.4 Å². The Bertz CT molecular complexity index is 721. The Kier molecular flexibility index (Phi) is 4.74. The molecule has 7 heteroatoms. The monoisotopic (exact) mass is 348 g/mol. The van der Waals surface area contributed by atoms with E-state index in [1.165, 1.54) is 17.0 Å². The lowest BCUT2D eigenvalue weighted by atomic mass is 10.1. The van der Waals surface area contributed by atoms with Gasteiger partial charge in [-0.05, 0) is 49.9 Å². The van der Waals surface area contributed by atoms with Gasteiger partial charge in [0.05, 0.1) is 11.8 Å². The molecule has 1 aromatic rings. The topological polar surface area (TPSA) is 86.7 Å². The zero-order valence-electron chi connectivity index (χ0n) is 14.0. The van der Waals surface area contributed by atoms with Gasteiger partial charge in [0, 0.05) is 24.7 Å². The molecule has 1 unspecified atom stereocenters. The number of aryl methyl sites for hydroxylation is 1. The number of carbonyl (C=O) groups is 3. The molecule has 2 amide bonds. The number of benzene rings is 1. The zero-order chi connectivity index (χ0) is 18.1. The minimum Gasteiger partial charge on any atom is -0.481 e. The van der Waals surface area contributed by atoms with Crippen LogP contribution in [0, 0.1) is 24.6 Å². The first-order chi connectivity index (χ1) is 11.8. The molecule has 1 aromatic carbocycles. The molecule has 1 aliphatic carbocycles. The van der Waals surface area contributed by atoms with Crippen LogP contribution in [0.2, 0.25) is 0 Å². The van der Waals surface area contributed by atoms with E-state index in [0.717, 1.165) is 0 Å². The molecule has 0 bridgehead atoms. The Balaban J connectivity index is 1.61. The lowest BCUT2D eigenvalue weighted by Crippen LogP contribution is -2.39. The molecule has 3 rings (SSSR count). The van der Waals surface area contributed by atoms with Crippen molar-refractivity contribution < 1.29 is 23.9 Å². The fourth-order valence-corrected chi connectivity index (χ4v) is 3.59. The van der Waals surface area contributed by atoms with Crippen molar-refractivity contribution >= 4 is 23.5 Å². The molecule has 0 aromatic heterocycles. The van der Waals surface area contributed by atoms with E-state index in [1.54, 1.807) is 13.0 Å². The van der Waals surface area contributed by atoms with E-state index >= 15 is 0 Å². The summed E-state index contributed by atoms with van der Waals surface area (Å²) < 4.78 is 13.4. The second kappa shape index (κ2) is 6.82. The number of nitrogens with one attached hydrogen (secondary N) is 1. The predicted octanol–water partition coefficient (Wildman–Crippen LogP) is 1.86. The number of carbonyl (C=O) groups excluding carboxylic acids is 2. The third-order valence-electron chi connectivity index (χ3n) is 5.08. The Morgan fingerprint density at radius 2 is 2.04 bits per heavy atom. The Hall–Kier alpha value is -2.44. The average molecular weight is 348 g/mol. The van der Waals surface area contributed by atoms with Crippen LogP contribution in [0.25, 0.3) is 0 Å². The first-order valence-electron chi connectivity index (χ1n) is 8.45. The number of hydrogen-bond acceptors (Lipinski definition) is 3. The maximum atomic E-state index is 13.4. The van der Waals surface area contributed by atoms with Gasteiger partial charge in [-0.25, -0.2) is 4.39 Å². The number of carboxylic acid groups (broad SMARTS) is 1. The number of halogens is 1. The molecule has 0 radical (unpaired) electrons. The molecule has 2 fully saturated rings. The summed E-state index contributed by atoms with van der Waals surface area (Å²) in [5.41, 5.74) is 1.04. The van der Waals surface area contributed by atoms with Crippen molar-refractivity contribution in [2.45, 2.75) is 38.6 Å². The van der Waals surface area contributed by atoms with Crippen LogP contribution in [0.4, 0.5) is 10.1 Å². The highest BCUT2D eigenvalue weighted by molar-refractivity contribution is 6.00. The van der Waals surface area contributed by atoms with Crippen LogP contribution in [0.15, 0.2) is 18.2 Å². The molecule has 1 aliphatic heterocycles. The van der Waals surface area contributed by atoms with Crippen molar-refractivity contribution in [2.75, 3.05) is 11.4 Å². The first kappa shape index (κ1) is 17.4. The van der Waals surface area contributed by atoms with Gasteiger partial charge < -0.3 is 15.3 Å². The summed E-state index contributed by atoms with van der Waals surface area (Å²) in [4.78, 5) is 37.2. The van der Waals surface area contributed by atoms with Gasteiger partial charge in [-0.15, -0.1) is 0 Å². The number of carboxylic acids is 1. The normalized spacial score (nSPS) is 26.1. The number of nitrogens with zero attached hydrogens (tertiary/aromatic N) is 1. The highest BCUT2D eigenvalue weighted by Crippen LogP contribution is 2.29. The minimum absolute atomic E-state index is 0.108. The number of amides is 2. The molecule has 134 valence electrons. The van der Waals surface area contributed by atoms with Gasteiger partial charge in [-0.1, -0.05) is 0 Å². The van der Waals surface area contributed by atoms with Gasteiger partial charge >= 0.3 is 5.97 Å². The molecule has 25 heavy (non-hydrogen) atoms. The van der Waals surface area contributed by atoms with E-state index in [1.807, 2.05) is 0 Å². The van der Waals surface area contributed by atoms with E-state index in [2.05, 4.69) is 5.32 Å². The second-order valence-electron chi connectivity index (χ2n) is 6.89. The fourth-order valence-electron chi connectivity index (χ4n) is 3.59. The first-order valence-corrected chi connectivity index (χ1v) is 8.45. The molecule has 6 nitrogen and oxygen atoms in total. The molecule has 2 N–H and O–H groups in total. The van der Waals surface area contributed by atoms with E-state index in [4.69, 9.17) is 5.11 Å². The molecule has 1 saturated carbocycles. The highest BCUT2D eigenvalue weighted by Gasteiger charge is 2.37. The van der Waals surface area contributed by atoms with Crippen molar-refractivity contribution in [3.05, 3.63) is 29.6 Å². The van der Waals surface area contributed by atoms with E-state index in [0.29, 0.717) is 30.5 Å². The number of rotatable bonds is 4. The maximum Gasteiger partial charge on any atom is 0.306 e. The SMILES string of the molecule is Cc1cc(N2CC(C(=O)N[C@H]3CC[C@@H](C(=O)O)C3)CC2=O)ccc1F. The lowest BCUT2D eigenvalue weighted by Gasteiger charge is -2.18. The zero-order valence-corrected chi connectivity index (χ0v) is 14.0. The van der Waals surface area contributed by atoms with Crippen LogP contribution < -0.4 is 10.2 Å². The van der Waals surface area contributed by atoms with Gasteiger partial charge in [0.1, 0.15) is 5.82 Å². The smallest absolute Gasteiger partial charge is 0.306 e. The summed E-state index contributed by atoms with van der Waals surface area (Å²) >= 11 is 0. The second-order valence-corrected chi connectivity index (χ2v) is 6.89. The number of hydrogen-bond donors (Lipinski definition) is 2. The molecule has 3 atom stereocenters. The Morgan fingerprint density at radius 1 is 1.28 bits per heavy atom. The quantitative estimate of drug-likeness (QED) is 0.869. The van der Waals surface area contributed by atoms with E-state index in [-0.39, 0.29) is 36.6 Å². The van der Waals surface area contributed by atoms with Crippen LogP contribution in [-0.4, -0.2) is 35.5 Å². The van der Waals surface area contributed by atoms with Crippen LogP contribution in [0.1, 0.15) is 31.2 Å². The van der Waals surface area contributed by atoms with Gasteiger partial charge in [0.15, 0.2) is 0 Å². The highest BCUT2D eigenvalue weighted by atomic mass is 19.1. The summed E-state index contributed by atoms with van der Waals surface area (Å²) in [6, 6.07) is 4.30. The molecule has 1 heterocycles. The number of anilines is 1. The Morgan fingerprint density at radius 3 is 2.68 bits per heavy atom. The van der Waals surface area contributed by atoms with Crippen molar-refractivity contribution in [3.63, 3.8) is 0 Å². The maximum absolute atomic E-state index is 13.4. The van der Waals surface area contributed by atoms with Crippen molar-refractivity contribution in [1.29, 1.82) is 0 Å². The third kappa shape index (κ3) is 3.65. The van der Waals surface area contributed by atoms with E-state index < -0.39 is 17.8 Å². The van der Waals surface area contributed by atoms with Gasteiger partial charge in [0.2, 0.25) is 11.8 Å². The summed E-state index contributed by atoms with van der Waals surface area (Å²) in [5.74, 6) is -2.42. The van der Waals surface area contributed by atoms with Crippen LogP contribution in [0.5, 0.6) is 0 Å². The standard InChI is InChI=1S/C18H21FN2O4/c1-10-6-14(4-5-15(10)19)21-9-12(8-16(21)22)17(23)20-13-3-2-11(7-13)18(24)25/h4-6,11-13H,2-3,7-9H2,1H3,(H,20,23)(H,24,25)/t11-,12?,13+/m1/s1. The number of aliphatic carboxylic acids is 1. The third-order valence-corrected chi connectivity index (χ3v) is 5.08.